The molecule has 170 valence electrons. The van der Waals surface area contributed by atoms with Gasteiger partial charge in [0.1, 0.15) is 17.5 Å². The maximum Gasteiger partial charge on any atom is 0.255 e. The molecule has 0 unspecified atom stereocenters. The SMILES string of the molecule is COCCS(=O)(=O)c1ccc(C(=O)Nc2ccc3nc(-c4cc(F)ccc4F)[nH]c3c2)cc1. The first-order chi connectivity index (χ1) is 15.8. The number of halogens is 2. The van der Waals surface area contributed by atoms with Gasteiger partial charge in [-0.25, -0.2) is 22.2 Å². The van der Waals surface area contributed by atoms with Crippen LogP contribution in [0.2, 0.25) is 0 Å². The number of hydrogen-bond acceptors (Lipinski definition) is 5. The van der Waals surface area contributed by atoms with Gasteiger partial charge in [0.05, 0.1) is 33.9 Å². The fourth-order valence-electron chi connectivity index (χ4n) is 3.22. The summed E-state index contributed by atoms with van der Waals surface area (Å²) < 4.78 is 56.8. The molecule has 0 atom stereocenters. The van der Waals surface area contributed by atoms with Crippen LogP contribution in [0.15, 0.2) is 65.6 Å². The van der Waals surface area contributed by atoms with E-state index in [1.807, 2.05) is 0 Å². The van der Waals surface area contributed by atoms with Gasteiger partial charge in [0.15, 0.2) is 9.84 Å². The van der Waals surface area contributed by atoms with Gasteiger partial charge >= 0.3 is 0 Å². The highest BCUT2D eigenvalue weighted by molar-refractivity contribution is 7.91. The lowest BCUT2D eigenvalue weighted by molar-refractivity contribution is 0.102. The molecule has 3 aromatic carbocycles. The monoisotopic (exact) mass is 471 g/mol. The van der Waals surface area contributed by atoms with E-state index in [4.69, 9.17) is 4.74 Å². The molecule has 1 heterocycles. The number of nitrogens with one attached hydrogen (secondary N) is 2. The Morgan fingerprint density at radius 1 is 1.06 bits per heavy atom. The Labute approximate surface area is 188 Å². The molecule has 0 radical (unpaired) electrons. The number of imidazole rings is 1. The Balaban J connectivity index is 1.53. The lowest BCUT2D eigenvalue weighted by Gasteiger charge is -2.07. The summed E-state index contributed by atoms with van der Waals surface area (Å²) in [6.45, 7) is 0.0776. The fourth-order valence-corrected chi connectivity index (χ4v) is 4.39. The molecule has 4 rings (SSSR count). The van der Waals surface area contributed by atoms with Crippen molar-refractivity contribution >= 4 is 32.5 Å². The van der Waals surface area contributed by atoms with Gasteiger partial charge in [0.25, 0.3) is 5.91 Å². The van der Waals surface area contributed by atoms with Crippen LogP contribution in [-0.2, 0) is 14.6 Å². The zero-order chi connectivity index (χ0) is 23.6. The Hall–Kier alpha value is -3.63. The highest BCUT2D eigenvalue weighted by Crippen LogP contribution is 2.26. The number of amides is 1. The van der Waals surface area contributed by atoms with Gasteiger partial charge in [0.2, 0.25) is 0 Å². The van der Waals surface area contributed by atoms with E-state index in [0.29, 0.717) is 16.7 Å². The Morgan fingerprint density at radius 2 is 1.82 bits per heavy atom. The molecule has 0 saturated heterocycles. The van der Waals surface area contributed by atoms with E-state index in [9.17, 15) is 22.0 Å². The van der Waals surface area contributed by atoms with E-state index in [1.54, 1.807) is 18.2 Å². The van der Waals surface area contributed by atoms with Gasteiger partial charge in [-0.05, 0) is 60.7 Å². The molecule has 0 saturated carbocycles. The number of aromatic amines is 1. The first-order valence-electron chi connectivity index (χ1n) is 9.85. The van der Waals surface area contributed by atoms with E-state index >= 15 is 0 Å². The van der Waals surface area contributed by atoms with Crippen molar-refractivity contribution in [2.75, 3.05) is 24.8 Å². The van der Waals surface area contributed by atoms with Gasteiger partial charge in [-0.3, -0.25) is 4.79 Å². The summed E-state index contributed by atoms with van der Waals surface area (Å²) in [5.41, 5.74) is 1.74. The summed E-state index contributed by atoms with van der Waals surface area (Å²) in [6, 6.07) is 13.6. The number of aromatic nitrogens is 2. The summed E-state index contributed by atoms with van der Waals surface area (Å²) in [6.07, 6.45) is 0. The third kappa shape index (κ3) is 4.91. The highest BCUT2D eigenvalue weighted by Gasteiger charge is 2.16. The first kappa shape index (κ1) is 22.6. The minimum atomic E-state index is -3.49. The van der Waals surface area contributed by atoms with E-state index in [-0.39, 0.29) is 34.2 Å². The molecule has 0 bridgehead atoms. The smallest absolute Gasteiger partial charge is 0.255 e. The predicted molar refractivity (Wildman–Crippen MR) is 120 cm³/mol. The highest BCUT2D eigenvalue weighted by atomic mass is 32.2. The number of ether oxygens (including phenoxy) is 1. The zero-order valence-corrected chi connectivity index (χ0v) is 18.2. The average molecular weight is 471 g/mol. The maximum absolute atomic E-state index is 14.1. The van der Waals surface area contributed by atoms with Gasteiger partial charge in [0, 0.05) is 18.4 Å². The molecule has 0 spiro atoms. The van der Waals surface area contributed by atoms with Crippen LogP contribution < -0.4 is 5.32 Å². The molecule has 0 fully saturated rings. The summed E-state index contributed by atoms with van der Waals surface area (Å²) in [5, 5.41) is 2.72. The maximum atomic E-state index is 14.1. The third-order valence-corrected chi connectivity index (χ3v) is 6.65. The third-order valence-electron chi connectivity index (χ3n) is 4.96. The molecule has 10 heteroatoms. The Bertz CT molecular complexity index is 1430. The molecular weight excluding hydrogens is 452 g/mol. The number of carbonyl (C=O) groups excluding carboxylic acids is 1. The Kier molecular flexibility index (Phi) is 6.21. The number of methoxy groups -OCH3 is 1. The number of rotatable bonds is 7. The van der Waals surface area contributed by atoms with Crippen molar-refractivity contribution in [3.8, 4) is 11.4 Å². The molecule has 0 aliphatic carbocycles. The van der Waals surface area contributed by atoms with Crippen LogP contribution in [0.1, 0.15) is 10.4 Å². The number of nitrogens with zero attached hydrogens (tertiary/aromatic N) is 1. The minimum Gasteiger partial charge on any atom is -0.384 e. The lowest BCUT2D eigenvalue weighted by atomic mass is 10.2. The number of carbonyl (C=O) groups is 1. The van der Waals surface area contributed by atoms with Crippen LogP contribution in [0.5, 0.6) is 0 Å². The van der Waals surface area contributed by atoms with Crippen molar-refractivity contribution in [2.45, 2.75) is 4.90 Å². The van der Waals surface area contributed by atoms with Gasteiger partial charge in [-0.15, -0.1) is 0 Å². The second-order valence-electron chi connectivity index (χ2n) is 7.23. The number of sulfone groups is 1. The molecule has 33 heavy (non-hydrogen) atoms. The number of anilines is 1. The van der Waals surface area contributed by atoms with Crippen molar-refractivity contribution in [1.29, 1.82) is 0 Å². The minimum absolute atomic E-state index is 0.00248. The van der Waals surface area contributed by atoms with E-state index < -0.39 is 27.4 Å². The first-order valence-corrected chi connectivity index (χ1v) is 11.5. The fraction of sp³-hybridized carbons (Fsp3) is 0.130. The van der Waals surface area contributed by atoms with Crippen molar-refractivity contribution in [3.05, 3.63) is 77.9 Å². The quantitative estimate of drug-likeness (QED) is 0.421. The molecule has 0 aliphatic rings. The predicted octanol–water partition coefficient (Wildman–Crippen LogP) is 4.18. The van der Waals surface area contributed by atoms with Crippen LogP contribution in [0.4, 0.5) is 14.5 Å². The summed E-state index contributed by atoms with van der Waals surface area (Å²) in [7, 11) is -2.07. The van der Waals surface area contributed by atoms with E-state index in [0.717, 1.165) is 18.2 Å². The number of hydrogen-bond donors (Lipinski definition) is 2. The molecular formula is C23H19F2N3O4S. The summed E-state index contributed by atoms with van der Waals surface area (Å²) >= 11 is 0. The number of fused-ring (bicyclic) bond motifs is 1. The van der Waals surface area contributed by atoms with E-state index in [2.05, 4.69) is 15.3 Å². The van der Waals surface area contributed by atoms with Crippen molar-refractivity contribution < 1.29 is 26.7 Å². The number of benzene rings is 3. The average Bonchev–Trinajstić information content (AvgIpc) is 3.22. The van der Waals surface area contributed by atoms with Crippen LogP contribution in [0.3, 0.4) is 0 Å². The second-order valence-corrected chi connectivity index (χ2v) is 9.34. The standard InChI is InChI=1S/C23H19F2N3O4S/c1-32-10-11-33(30,31)17-6-2-14(3-7-17)23(29)26-16-5-9-20-21(13-16)28-22(27-20)18-12-15(24)4-8-19(18)25/h2-9,12-13H,10-11H2,1H3,(H,26,29)(H,27,28). The summed E-state index contributed by atoms with van der Waals surface area (Å²) in [4.78, 5) is 19.9. The van der Waals surface area contributed by atoms with E-state index in [1.165, 1.54) is 31.4 Å². The molecule has 4 aromatic rings. The van der Waals surface area contributed by atoms with Crippen molar-refractivity contribution in [3.63, 3.8) is 0 Å². The van der Waals surface area contributed by atoms with Gasteiger partial charge in [-0.1, -0.05) is 0 Å². The molecule has 2 N–H and O–H groups in total. The Morgan fingerprint density at radius 3 is 2.55 bits per heavy atom. The second kappa shape index (κ2) is 9.08. The lowest BCUT2D eigenvalue weighted by Crippen LogP contribution is -2.14. The summed E-state index contributed by atoms with van der Waals surface area (Å²) in [5.74, 6) is -1.63. The molecule has 1 aromatic heterocycles. The normalized spacial score (nSPS) is 11.6. The van der Waals surface area contributed by atoms with Crippen LogP contribution >= 0.6 is 0 Å². The number of H-pyrrole nitrogens is 1. The van der Waals surface area contributed by atoms with Crippen molar-refractivity contribution in [1.82, 2.24) is 9.97 Å². The van der Waals surface area contributed by atoms with Gasteiger partial charge in [-0.2, -0.15) is 0 Å². The molecule has 1 amide bonds. The van der Waals surface area contributed by atoms with Crippen molar-refractivity contribution in [2.24, 2.45) is 0 Å². The van der Waals surface area contributed by atoms with Crippen LogP contribution in [0.25, 0.3) is 22.4 Å². The molecule has 0 aliphatic heterocycles. The van der Waals surface area contributed by atoms with Crippen LogP contribution in [-0.4, -0.2) is 43.8 Å². The largest absolute Gasteiger partial charge is 0.384 e. The molecule has 7 nitrogen and oxygen atoms in total. The zero-order valence-electron chi connectivity index (χ0n) is 17.4. The van der Waals surface area contributed by atoms with Gasteiger partial charge < -0.3 is 15.0 Å². The topological polar surface area (TPSA) is 101 Å². The van der Waals surface area contributed by atoms with Crippen LogP contribution in [0, 0.1) is 11.6 Å².